The summed E-state index contributed by atoms with van der Waals surface area (Å²) in [4.78, 5) is 0. The molecule has 0 aromatic rings. The summed E-state index contributed by atoms with van der Waals surface area (Å²) in [7, 11) is 13.9. The molecule has 0 aliphatic rings. The molecular weight excluding hydrogens is 133 g/mol. The first-order chi connectivity index (χ1) is 5.91. The Balaban J connectivity index is -0.00000000917. The summed E-state index contributed by atoms with van der Waals surface area (Å²) in [5, 5.41) is 0. The Bertz CT molecular complexity index is 90.2. The molecule has 0 fully saturated rings. The van der Waals surface area contributed by atoms with Crippen LogP contribution in [0, 0.1) is 0 Å². The van der Waals surface area contributed by atoms with Gasteiger partial charge in [0.05, 0.1) is 36.5 Å². The third-order valence-electron chi connectivity index (χ3n) is 2.46. The minimum Gasteiger partial charge on any atom is -1.00 e. The number of hydrogen-bond acceptors (Lipinski definition) is 0. The molecule has 0 unspecified atom stereocenters. The molecule has 0 rings (SSSR count). The largest absolute Gasteiger partial charge is 1.00 e. The van der Waals surface area contributed by atoms with E-state index in [-0.39, 0.29) is 17.1 Å². The number of rotatable bonds is 9. The van der Waals surface area contributed by atoms with Crippen LogP contribution in [0.4, 0.5) is 0 Å². The van der Waals surface area contributed by atoms with Gasteiger partial charge in [-0.1, -0.05) is 6.82 Å². The van der Waals surface area contributed by atoms with E-state index in [1.807, 2.05) is 0 Å². The van der Waals surface area contributed by atoms with Gasteiger partial charge in [0.1, 0.15) is 0 Å². The van der Waals surface area contributed by atoms with Crippen LogP contribution in [-0.2, 0) is 0 Å². The van der Waals surface area contributed by atoms with Crippen LogP contribution in [0.3, 0.4) is 0 Å². The Hall–Kier alpha value is 0.584. The second-order valence-corrected chi connectivity index (χ2v) is 3.83. The Morgan fingerprint density at radius 1 is 1.00 bits per heavy atom. The van der Waals surface area contributed by atoms with Gasteiger partial charge >= 0.3 is 0 Å². The quantitative estimate of drug-likeness (QED) is 0.247. The van der Waals surface area contributed by atoms with E-state index in [1.165, 1.54) is 69.4 Å². The fraction of sp³-hybridized carbons (Fsp3) is 1.00. The molecule has 0 amide bonds. The van der Waals surface area contributed by atoms with Gasteiger partial charge in [0, 0.05) is 28.2 Å². The molecule has 0 N–H and O–H groups in total. The zero-order valence-electron chi connectivity index (χ0n) is 21.1. The summed E-state index contributed by atoms with van der Waals surface area (Å²) < 4.78 is 0. The summed E-state index contributed by atoms with van der Waals surface area (Å²) in [6, 6.07) is 0. The predicted molar refractivity (Wildman–Crippen MR) is 94.6 cm³/mol. The van der Waals surface area contributed by atoms with Crippen LogP contribution in [0.15, 0.2) is 0 Å². The van der Waals surface area contributed by atoms with Crippen molar-refractivity contribution in [2.45, 2.75) is 19.3 Å². The van der Waals surface area contributed by atoms with E-state index < -0.39 is 0 Å². The third-order valence-corrected chi connectivity index (χ3v) is 2.46. The van der Waals surface area contributed by atoms with Crippen LogP contribution < -0.4 is 0 Å². The van der Waals surface area contributed by atoms with E-state index in [4.69, 9.17) is 0 Å². The Kier molecular flexibility index (Phi) is 12.1. The van der Waals surface area contributed by atoms with Crippen molar-refractivity contribution in [3.8, 4) is 0 Å². The fourth-order valence-corrected chi connectivity index (χ4v) is 1.56. The lowest BCUT2D eigenvalue weighted by atomic mass is 9.02. The molecule has 80 valence electrons. The SMILES string of the molecule is BCBBBBCBBBBC.[H-].[H-].[H-].[H-].[H-].[H-].[H-].[H-].[H-].[H-].[H-].[H-]. The van der Waals surface area contributed by atoms with Crippen LogP contribution >= 0.6 is 0 Å². The van der Waals surface area contributed by atoms with E-state index in [2.05, 4.69) is 14.7 Å². The van der Waals surface area contributed by atoms with Crippen molar-refractivity contribution in [2.75, 3.05) is 0 Å². The molecule has 0 saturated carbocycles. The maximum absolute atomic E-state index is 2.28. The molecular formula is C3H29B9-12. The van der Waals surface area contributed by atoms with Crippen molar-refractivity contribution in [1.29, 1.82) is 0 Å². The molecule has 0 atom stereocenters. The summed E-state index contributed by atoms with van der Waals surface area (Å²) >= 11 is 0. The highest BCUT2D eigenvalue weighted by Crippen LogP contribution is 1.72. The first-order valence-electron chi connectivity index (χ1n) is 5.91. The molecule has 0 bridgehead atoms. The van der Waals surface area contributed by atoms with Gasteiger partial charge in [-0.2, -0.15) is 0 Å². The molecule has 0 aromatic heterocycles. The van der Waals surface area contributed by atoms with Gasteiger partial charge in [0.15, 0.2) is 0 Å². The monoisotopic (exact) mass is 164 g/mol. The summed E-state index contributed by atoms with van der Waals surface area (Å²) in [5.41, 5.74) is 0. The first-order valence-corrected chi connectivity index (χ1v) is 5.91. The van der Waals surface area contributed by atoms with Crippen LogP contribution in [0.5, 0.6) is 0 Å². The average Bonchev–Trinajstić information content (AvgIpc) is 2.10. The summed E-state index contributed by atoms with van der Waals surface area (Å²) in [5.74, 6) is 0. The van der Waals surface area contributed by atoms with E-state index in [9.17, 15) is 0 Å². The Morgan fingerprint density at radius 2 is 1.58 bits per heavy atom. The Labute approximate surface area is 102 Å². The van der Waals surface area contributed by atoms with E-state index >= 15 is 0 Å². The van der Waals surface area contributed by atoms with E-state index in [1.54, 1.807) is 0 Å². The lowest BCUT2D eigenvalue weighted by Crippen LogP contribution is -2.23. The van der Waals surface area contributed by atoms with Gasteiger partial charge in [0.25, 0.3) is 0 Å². The lowest BCUT2D eigenvalue weighted by molar-refractivity contribution is 2.10. The van der Waals surface area contributed by atoms with Gasteiger partial charge in [0.2, 0.25) is 0 Å². The average molecular weight is 163 g/mol. The molecule has 0 heterocycles. The zero-order valence-corrected chi connectivity index (χ0v) is 9.07. The zero-order chi connectivity index (χ0) is 9.07. The summed E-state index contributed by atoms with van der Waals surface area (Å²) in [6.07, 6.45) is 2.85. The van der Waals surface area contributed by atoms with Crippen molar-refractivity contribution in [3.63, 3.8) is 0 Å². The van der Waals surface area contributed by atoms with Crippen LogP contribution in [0.2, 0.25) is 19.3 Å². The molecule has 0 radical (unpaired) electrons. The second-order valence-electron chi connectivity index (χ2n) is 3.83. The van der Waals surface area contributed by atoms with Crippen molar-refractivity contribution < 1.29 is 17.1 Å². The van der Waals surface area contributed by atoms with Crippen molar-refractivity contribution in [1.82, 2.24) is 0 Å². The molecule has 0 aliphatic heterocycles. The second kappa shape index (κ2) is 11.6. The highest BCUT2D eigenvalue weighted by Gasteiger charge is 1.98. The predicted octanol–water partition coefficient (Wildman–Crippen LogP) is -3.25. The highest BCUT2D eigenvalue weighted by atomic mass is 13.2. The lowest BCUT2D eigenvalue weighted by Gasteiger charge is -1.92. The topological polar surface area (TPSA) is 0 Å². The summed E-state index contributed by atoms with van der Waals surface area (Å²) in [6.45, 7) is 2.28. The molecule has 0 spiro atoms. The van der Waals surface area contributed by atoms with E-state index in [0.717, 1.165) is 0 Å². The minimum atomic E-state index is 0. The Morgan fingerprint density at radius 3 is 2.17 bits per heavy atom. The fourth-order valence-electron chi connectivity index (χ4n) is 1.56. The molecule has 0 aromatic carbocycles. The van der Waals surface area contributed by atoms with Crippen molar-refractivity contribution in [3.05, 3.63) is 0 Å². The minimum absolute atomic E-state index is 0. The van der Waals surface area contributed by atoms with Gasteiger partial charge in [-0.3, -0.25) is 0 Å². The van der Waals surface area contributed by atoms with Crippen molar-refractivity contribution >= 4 is 64.8 Å². The van der Waals surface area contributed by atoms with Crippen molar-refractivity contribution in [2.24, 2.45) is 0 Å². The molecule has 12 heavy (non-hydrogen) atoms. The van der Waals surface area contributed by atoms with Gasteiger partial charge in [-0.25, -0.2) is 0 Å². The molecule has 0 aliphatic carbocycles. The number of hydrogen-bond donors (Lipinski definition) is 0. The molecule has 9 heteroatoms. The maximum Gasteiger partial charge on any atom is 0.0921 e. The molecule has 0 nitrogen and oxygen atoms in total. The smallest absolute Gasteiger partial charge is 0.0921 e. The van der Waals surface area contributed by atoms with Crippen LogP contribution in [-0.4, -0.2) is 64.8 Å². The maximum atomic E-state index is 2.28. The first kappa shape index (κ1) is 12.6. The van der Waals surface area contributed by atoms with Crippen LogP contribution in [0.1, 0.15) is 17.1 Å². The van der Waals surface area contributed by atoms with Gasteiger partial charge in [-0.15, -0.1) is 12.4 Å². The van der Waals surface area contributed by atoms with Crippen LogP contribution in [0.25, 0.3) is 0 Å². The van der Waals surface area contributed by atoms with Gasteiger partial charge < -0.3 is 17.1 Å². The third kappa shape index (κ3) is 10.6. The molecule has 0 saturated heterocycles. The highest BCUT2D eigenvalue weighted by molar-refractivity contribution is 7.48. The van der Waals surface area contributed by atoms with Gasteiger partial charge in [-0.05, 0) is 0 Å². The normalized spacial score (nSPS) is 7.75. The van der Waals surface area contributed by atoms with E-state index in [0.29, 0.717) is 0 Å². The standard InChI is InChI=1S/C3H17B9.12H/c1-5-9-11-7-3-8-12-10-6-2-4;;;;;;;;;;;;/h5-12H,2-4H2,1H3;;;;;;;;;;;;/q;12*-1.